The van der Waals surface area contributed by atoms with Gasteiger partial charge in [0.2, 0.25) is 0 Å². The number of benzene rings is 1. The molecule has 1 aliphatic heterocycles. The molecule has 0 radical (unpaired) electrons. The Morgan fingerprint density at radius 1 is 1.07 bits per heavy atom. The molecule has 4 aromatic rings. The molecule has 6 nitrogen and oxygen atoms in total. The van der Waals surface area contributed by atoms with Gasteiger partial charge < -0.3 is 4.74 Å². The van der Waals surface area contributed by atoms with Crippen LogP contribution in [-0.2, 0) is 11.2 Å². The fourth-order valence-electron chi connectivity index (χ4n) is 3.84. The monoisotopic (exact) mass is 393 g/mol. The van der Waals surface area contributed by atoms with Gasteiger partial charge in [-0.1, -0.05) is 23.7 Å². The molecule has 142 valence electrons. The van der Waals surface area contributed by atoms with E-state index in [1.165, 1.54) is 0 Å². The topological polar surface area (TPSA) is 65.2 Å². The normalized spacial score (nSPS) is 15.5. The summed E-state index contributed by atoms with van der Waals surface area (Å²) in [4.78, 5) is 13.9. The van der Waals surface area contributed by atoms with Crippen LogP contribution < -0.4 is 0 Å². The first kappa shape index (κ1) is 17.5. The van der Waals surface area contributed by atoms with E-state index in [-0.39, 0.29) is 0 Å². The molecule has 5 rings (SSSR count). The molecule has 0 bridgehead atoms. The van der Waals surface area contributed by atoms with E-state index in [9.17, 15) is 0 Å². The molecule has 0 aliphatic carbocycles. The van der Waals surface area contributed by atoms with Gasteiger partial charge >= 0.3 is 0 Å². The molecule has 0 saturated carbocycles. The van der Waals surface area contributed by atoms with Gasteiger partial charge in [-0.05, 0) is 50.3 Å². The third-order valence-corrected chi connectivity index (χ3v) is 5.49. The molecule has 0 spiro atoms. The molecule has 28 heavy (non-hydrogen) atoms. The molecule has 4 heterocycles. The zero-order valence-electron chi connectivity index (χ0n) is 15.6. The summed E-state index contributed by atoms with van der Waals surface area (Å²) in [6, 6.07) is 11.7. The Labute approximate surface area is 167 Å². The Morgan fingerprint density at radius 2 is 1.82 bits per heavy atom. The van der Waals surface area contributed by atoms with Crippen molar-refractivity contribution in [1.82, 2.24) is 24.6 Å². The Hall–Kier alpha value is -2.57. The number of rotatable bonds is 3. The van der Waals surface area contributed by atoms with Crippen LogP contribution in [0.3, 0.4) is 0 Å². The van der Waals surface area contributed by atoms with Crippen molar-refractivity contribution in [2.45, 2.75) is 26.2 Å². The summed E-state index contributed by atoms with van der Waals surface area (Å²) < 4.78 is 7.38. The van der Waals surface area contributed by atoms with Crippen LogP contribution in [0.25, 0.3) is 28.1 Å². The van der Waals surface area contributed by atoms with Gasteiger partial charge in [0.1, 0.15) is 16.5 Å². The number of ether oxygens (including phenoxy) is 1. The van der Waals surface area contributed by atoms with Crippen molar-refractivity contribution < 1.29 is 4.74 Å². The van der Waals surface area contributed by atoms with E-state index < -0.39 is 0 Å². The van der Waals surface area contributed by atoms with E-state index in [0.717, 1.165) is 71.9 Å². The highest BCUT2D eigenvalue weighted by Crippen LogP contribution is 2.26. The minimum Gasteiger partial charge on any atom is -0.381 e. The number of para-hydroxylation sites is 2. The lowest BCUT2D eigenvalue weighted by molar-refractivity contribution is 0.0661. The lowest BCUT2D eigenvalue weighted by Gasteiger charge is -2.22. The smallest absolute Gasteiger partial charge is 0.157 e. The summed E-state index contributed by atoms with van der Waals surface area (Å²) in [5.41, 5.74) is 5.93. The maximum Gasteiger partial charge on any atom is 0.157 e. The van der Waals surface area contributed by atoms with Gasteiger partial charge in [-0.15, -0.1) is 0 Å². The Morgan fingerprint density at radius 3 is 2.61 bits per heavy atom. The van der Waals surface area contributed by atoms with Crippen LogP contribution >= 0.6 is 11.6 Å². The minimum absolute atomic E-state index is 0.488. The molecule has 1 aliphatic rings. The van der Waals surface area contributed by atoms with Crippen molar-refractivity contribution in [3.63, 3.8) is 0 Å². The van der Waals surface area contributed by atoms with E-state index in [1.54, 1.807) is 0 Å². The highest BCUT2D eigenvalue weighted by molar-refractivity contribution is 6.29. The second-order valence-corrected chi connectivity index (χ2v) is 7.66. The number of aromatic nitrogens is 5. The third kappa shape index (κ3) is 3.23. The average Bonchev–Trinajstić information content (AvgIpc) is 3.12. The van der Waals surface area contributed by atoms with Crippen LogP contribution in [0, 0.1) is 12.8 Å². The first-order valence-corrected chi connectivity index (χ1v) is 9.92. The van der Waals surface area contributed by atoms with Crippen LogP contribution in [0.5, 0.6) is 0 Å². The number of nitrogens with zero attached hydrogens (tertiary/aromatic N) is 5. The summed E-state index contributed by atoms with van der Waals surface area (Å²) in [5.74, 6) is 0.574. The minimum atomic E-state index is 0.488. The highest BCUT2D eigenvalue weighted by Gasteiger charge is 2.19. The quantitative estimate of drug-likeness (QED) is 0.486. The lowest BCUT2D eigenvalue weighted by atomic mass is 9.95. The Balaban J connectivity index is 1.60. The highest BCUT2D eigenvalue weighted by atomic mass is 35.5. The van der Waals surface area contributed by atoms with Gasteiger partial charge in [-0.2, -0.15) is 5.10 Å². The second kappa shape index (κ2) is 7.11. The average molecular weight is 394 g/mol. The second-order valence-electron chi connectivity index (χ2n) is 7.28. The number of hydrogen-bond donors (Lipinski definition) is 0. The van der Waals surface area contributed by atoms with Crippen LogP contribution in [0.2, 0.25) is 5.15 Å². The van der Waals surface area contributed by atoms with Crippen molar-refractivity contribution in [3.8, 4) is 11.4 Å². The molecule has 0 N–H and O–H groups in total. The summed E-state index contributed by atoms with van der Waals surface area (Å²) in [5, 5.41) is 5.31. The molecule has 1 saturated heterocycles. The fourth-order valence-corrected chi connectivity index (χ4v) is 4.05. The lowest BCUT2D eigenvalue weighted by Crippen LogP contribution is -2.19. The fraction of sp³-hybridized carbons (Fsp3) is 0.333. The molecular formula is C21H20ClN5O. The van der Waals surface area contributed by atoms with Crippen molar-refractivity contribution in [3.05, 3.63) is 52.9 Å². The number of fused-ring (bicyclic) bond motifs is 2. The Bertz CT molecular complexity index is 1170. The van der Waals surface area contributed by atoms with E-state index in [4.69, 9.17) is 26.4 Å². The van der Waals surface area contributed by atoms with Gasteiger partial charge in [0.15, 0.2) is 5.65 Å². The first-order chi connectivity index (χ1) is 13.7. The first-order valence-electron chi connectivity index (χ1n) is 9.54. The molecule has 3 aromatic heterocycles. The number of hydrogen-bond acceptors (Lipinski definition) is 5. The van der Waals surface area contributed by atoms with Crippen LogP contribution in [0.1, 0.15) is 24.2 Å². The zero-order valence-corrected chi connectivity index (χ0v) is 16.4. The van der Waals surface area contributed by atoms with Gasteiger partial charge in [-0.25, -0.2) is 19.5 Å². The van der Waals surface area contributed by atoms with E-state index in [0.29, 0.717) is 11.1 Å². The largest absolute Gasteiger partial charge is 0.381 e. The number of aryl methyl sites for hydroxylation is 1. The number of halogens is 1. The predicted octanol–water partition coefficient (Wildman–Crippen LogP) is 4.27. The van der Waals surface area contributed by atoms with Gasteiger partial charge in [-0.3, -0.25) is 0 Å². The van der Waals surface area contributed by atoms with Gasteiger partial charge in [0, 0.05) is 25.0 Å². The molecule has 1 aromatic carbocycles. The van der Waals surface area contributed by atoms with Crippen LogP contribution in [0.4, 0.5) is 0 Å². The molecular weight excluding hydrogens is 374 g/mol. The van der Waals surface area contributed by atoms with E-state index in [1.807, 2.05) is 47.8 Å². The van der Waals surface area contributed by atoms with Gasteiger partial charge in [0.05, 0.1) is 16.7 Å². The SMILES string of the molecule is Cc1nc2ccccc2nc1-c1cc2nc(Cl)cc(CC3CCOCC3)n2n1. The van der Waals surface area contributed by atoms with Crippen molar-refractivity contribution >= 4 is 28.3 Å². The summed E-state index contributed by atoms with van der Waals surface area (Å²) >= 11 is 6.30. The van der Waals surface area contributed by atoms with Gasteiger partial charge in [0.25, 0.3) is 0 Å². The molecule has 0 atom stereocenters. The standard InChI is InChI=1S/C21H20ClN5O/c1-13-21(24-17-5-3-2-4-16(17)23-13)18-12-20-25-19(22)11-15(27(20)26-18)10-14-6-8-28-9-7-14/h2-5,11-12,14H,6-10H2,1H3. The van der Waals surface area contributed by atoms with Crippen molar-refractivity contribution in [1.29, 1.82) is 0 Å². The summed E-state index contributed by atoms with van der Waals surface area (Å²) in [6.45, 7) is 3.61. The van der Waals surface area contributed by atoms with E-state index in [2.05, 4.69) is 9.97 Å². The molecule has 0 amide bonds. The Kier molecular flexibility index (Phi) is 4.45. The van der Waals surface area contributed by atoms with Crippen LogP contribution in [-0.4, -0.2) is 37.8 Å². The molecule has 7 heteroatoms. The molecule has 0 unspecified atom stereocenters. The maximum atomic E-state index is 6.30. The maximum absolute atomic E-state index is 6.30. The van der Waals surface area contributed by atoms with E-state index >= 15 is 0 Å². The summed E-state index contributed by atoms with van der Waals surface area (Å²) in [7, 11) is 0. The van der Waals surface area contributed by atoms with Crippen LogP contribution in [0.15, 0.2) is 36.4 Å². The predicted molar refractivity (Wildman–Crippen MR) is 109 cm³/mol. The third-order valence-electron chi connectivity index (χ3n) is 5.30. The summed E-state index contributed by atoms with van der Waals surface area (Å²) in [6.07, 6.45) is 3.03. The van der Waals surface area contributed by atoms with Crippen molar-refractivity contribution in [2.24, 2.45) is 5.92 Å². The zero-order chi connectivity index (χ0) is 19.1. The molecule has 1 fully saturated rings. The van der Waals surface area contributed by atoms with Crippen molar-refractivity contribution in [2.75, 3.05) is 13.2 Å².